The van der Waals surface area contributed by atoms with E-state index in [1.54, 1.807) is 31.4 Å². The lowest BCUT2D eigenvalue weighted by atomic mass is 10.1. The number of amides is 1. The zero-order valence-corrected chi connectivity index (χ0v) is 16.9. The van der Waals surface area contributed by atoms with Crippen LogP contribution in [0.1, 0.15) is 37.7 Å². The van der Waals surface area contributed by atoms with Crippen LogP contribution in [0.15, 0.2) is 48.5 Å². The summed E-state index contributed by atoms with van der Waals surface area (Å²) in [5.74, 6) is 0.0731. The van der Waals surface area contributed by atoms with Crippen molar-refractivity contribution in [2.24, 2.45) is 0 Å². The van der Waals surface area contributed by atoms with E-state index in [0.717, 1.165) is 22.7 Å². The van der Waals surface area contributed by atoms with Crippen molar-refractivity contribution in [3.05, 3.63) is 76.6 Å². The molecule has 3 aromatic rings. The van der Waals surface area contributed by atoms with Crippen molar-refractivity contribution in [1.82, 2.24) is 9.78 Å². The Labute approximate surface area is 169 Å². The predicted octanol–water partition coefficient (Wildman–Crippen LogP) is 3.60. The zero-order valence-electron chi connectivity index (χ0n) is 16.9. The van der Waals surface area contributed by atoms with Gasteiger partial charge in [-0.05, 0) is 55.8 Å². The predicted molar refractivity (Wildman–Crippen MR) is 110 cm³/mol. The minimum Gasteiger partial charge on any atom is -0.497 e. The van der Waals surface area contributed by atoms with Crippen LogP contribution in [0.4, 0.5) is 5.69 Å². The number of carbonyl (C=O) groups is 2. The summed E-state index contributed by atoms with van der Waals surface area (Å²) in [6, 6.07) is 14.1. The molecule has 0 spiro atoms. The number of methoxy groups -OCH3 is 2. The van der Waals surface area contributed by atoms with Crippen molar-refractivity contribution < 1.29 is 19.1 Å². The standard InChI is InChI=1S/C22H23N3O4/c1-14-20(23-21(26)17-8-10-18(11-9-17)22(27)29-4)15(2)25(24-14)13-16-6-5-7-19(12-16)28-3/h5-12H,13H2,1-4H3,(H,23,26). The Kier molecular flexibility index (Phi) is 5.97. The number of nitrogens with zero attached hydrogens (tertiary/aromatic N) is 2. The molecule has 150 valence electrons. The minimum atomic E-state index is -0.442. The van der Waals surface area contributed by atoms with Crippen molar-refractivity contribution in [3.63, 3.8) is 0 Å². The van der Waals surface area contributed by atoms with E-state index in [1.165, 1.54) is 7.11 Å². The maximum absolute atomic E-state index is 12.6. The van der Waals surface area contributed by atoms with Crippen molar-refractivity contribution in [3.8, 4) is 5.75 Å². The second kappa shape index (κ2) is 8.60. The third-order valence-corrected chi connectivity index (χ3v) is 4.65. The first kappa shape index (κ1) is 20.1. The maximum atomic E-state index is 12.6. The second-order valence-corrected chi connectivity index (χ2v) is 6.58. The van der Waals surface area contributed by atoms with E-state index < -0.39 is 5.97 Å². The first-order chi connectivity index (χ1) is 13.9. The van der Waals surface area contributed by atoms with E-state index in [0.29, 0.717) is 23.4 Å². The van der Waals surface area contributed by atoms with E-state index in [-0.39, 0.29) is 5.91 Å². The molecule has 1 N–H and O–H groups in total. The van der Waals surface area contributed by atoms with Crippen LogP contribution >= 0.6 is 0 Å². The number of benzene rings is 2. The molecule has 7 nitrogen and oxygen atoms in total. The second-order valence-electron chi connectivity index (χ2n) is 6.58. The highest BCUT2D eigenvalue weighted by molar-refractivity contribution is 6.05. The van der Waals surface area contributed by atoms with Gasteiger partial charge in [0, 0.05) is 5.56 Å². The molecule has 29 heavy (non-hydrogen) atoms. The van der Waals surface area contributed by atoms with Crippen LogP contribution in [0.5, 0.6) is 5.75 Å². The molecule has 7 heteroatoms. The van der Waals surface area contributed by atoms with Crippen LogP contribution in [0.25, 0.3) is 0 Å². The first-order valence-corrected chi connectivity index (χ1v) is 9.09. The molecule has 1 heterocycles. The number of aromatic nitrogens is 2. The molecule has 0 bridgehead atoms. The van der Waals surface area contributed by atoms with E-state index >= 15 is 0 Å². The molecular formula is C22H23N3O4. The average Bonchev–Trinajstić information content (AvgIpc) is 3.00. The minimum absolute atomic E-state index is 0.270. The summed E-state index contributed by atoms with van der Waals surface area (Å²) in [7, 11) is 2.95. The molecule has 0 saturated heterocycles. The van der Waals surface area contributed by atoms with Crippen molar-refractivity contribution in [2.75, 3.05) is 19.5 Å². The van der Waals surface area contributed by atoms with Crippen LogP contribution in [-0.4, -0.2) is 35.9 Å². The molecule has 0 fully saturated rings. The van der Waals surface area contributed by atoms with Crippen LogP contribution in [-0.2, 0) is 11.3 Å². The topological polar surface area (TPSA) is 82.5 Å². The van der Waals surface area contributed by atoms with Crippen LogP contribution in [0.3, 0.4) is 0 Å². The molecule has 0 aliphatic rings. The summed E-state index contributed by atoms with van der Waals surface area (Å²) in [5, 5.41) is 7.48. The van der Waals surface area contributed by atoms with Gasteiger partial charge in [-0.3, -0.25) is 9.48 Å². The SMILES string of the molecule is COC(=O)c1ccc(C(=O)Nc2c(C)nn(Cc3cccc(OC)c3)c2C)cc1. The smallest absolute Gasteiger partial charge is 0.337 e. The molecule has 1 aromatic heterocycles. The fraction of sp³-hybridized carbons (Fsp3) is 0.227. The van der Waals surface area contributed by atoms with Gasteiger partial charge in [-0.15, -0.1) is 0 Å². The highest BCUT2D eigenvalue weighted by atomic mass is 16.5. The molecule has 0 aliphatic carbocycles. The van der Waals surface area contributed by atoms with Gasteiger partial charge in [0.25, 0.3) is 5.91 Å². The number of aryl methyl sites for hydroxylation is 1. The number of carbonyl (C=O) groups excluding carboxylic acids is 2. The summed E-state index contributed by atoms with van der Waals surface area (Å²) < 4.78 is 11.8. The zero-order chi connectivity index (χ0) is 21.0. The highest BCUT2D eigenvalue weighted by Gasteiger charge is 2.16. The van der Waals surface area contributed by atoms with Crippen molar-refractivity contribution in [1.29, 1.82) is 0 Å². The number of hydrogen-bond acceptors (Lipinski definition) is 5. The molecule has 0 aliphatic heterocycles. The van der Waals surface area contributed by atoms with Crippen LogP contribution in [0.2, 0.25) is 0 Å². The van der Waals surface area contributed by atoms with E-state index in [1.807, 2.05) is 42.8 Å². The fourth-order valence-corrected chi connectivity index (χ4v) is 3.04. The quantitative estimate of drug-likeness (QED) is 0.647. The number of anilines is 1. The van der Waals surface area contributed by atoms with Gasteiger partial charge in [0.15, 0.2) is 0 Å². The summed E-state index contributed by atoms with van der Waals surface area (Å²) in [4.78, 5) is 24.2. The Morgan fingerprint density at radius 3 is 2.38 bits per heavy atom. The van der Waals surface area contributed by atoms with E-state index in [4.69, 9.17) is 4.74 Å². The molecule has 2 aromatic carbocycles. The number of rotatable bonds is 6. The summed E-state index contributed by atoms with van der Waals surface area (Å²) >= 11 is 0. The number of nitrogens with one attached hydrogen (secondary N) is 1. The molecule has 0 atom stereocenters. The molecular weight excluding hydrogens is 370 g/mol. The van der Waals surface area contributed by atoms with Gasteiger partial charge >= 0.3 is 5.97 Å². The van der Waals surface area contributed by atoms with Gasteiger partial charge in [0.05, 0.1) is 43.4 Å². The Morgan fingerprint density at radius 2 is 1.72 bits per heavy atom. The lowest BCUT2D eigenvalue weighted by molar-refractivity contribution is 0.0600. The molecule has 0 saturated carbocycles. The fourth-order valence-electron chi connectivity index (χ4n) is 3.04. The van der Waals surface area contributed by atoms with Gasteiger partial charge in [-0.1, -0.05) is 12.1 Å². The normalized spacial score (nSPS) is 10.5. The number of ether oxygens (including phenoxy) is 2. The van der Waals surface area contributed by atoms with Gasteiger partial charge in [0.1, 0.15) is 5.75 Å². The molecule has 3 rings (SSSR count). The summed E-state index contributed by atoms with van der Waals surface area (Å²) in [5.41, 5.74) is 4.13. The maximum Gasteiger partial charge on any atom is 0.337 e. The van der Waals surface area contributed by atoms with Gasteiger partial charge in [-0.2, -0.15) is 5.10 Å². The van der Waals surface area contributed by atoms with Gasteiger partial charge in [-0.25, -0.2) is 4.79 Å². The molecule has 0 unspecified atom stereocenters. The summed E-state index contributed by atoms with van der Waals surface area (Å²) in [6.45, 7) is 4.33. The average molecular weight is 393 g/mol. The number of hydrogen-bond donors (Lipinski definition) is 1. The third kappa shape index (κ3) is 4.45. The Hall–Kier alpha value is -3.61. The lowest BCUT2D eigenvalue weighted by Crippen LogP contribution is -2.14. The monoisotopic (exact) mass is 393 g/mol. The first-order valence-electron chi connectivity index (χ1n) is 9.09. The Balaban J connectivity index is 1.77. The highest BCUT2D eigenvalue weighted by Crippen LogP contribution is 2.22. The third-order valence-electron chi connectivity index (χ3n) is 4.65. The van der Waals surface area contributed by atoms with Gasteiger partial charge in [0.2, 0.25) is 0 Å². The van der Waals surface area contributed by atoms with Crippen LogP contribution < -0.4 is 10.1 Å². The van der Waals surface area contributed by atoms with Crippen molar-refractivity contribution in [2.45, 2.75) is 20.4 Å². The summed E-state index contributed by atoms with van der Waals surface area (Å²) in [6.07, 6.45) is 0. The molecule has 0 radical (unpaired) electrons. The van der Waals surface area contributed by atoms with Gasteiger partial charge < -0.3 is 14.8 Å². The van der Waals surface area contributed by atoms with E-state index in [2.05, 4.69) is 15.2 Å². The Bertz CT molecular complexity index is 1040. The lowest BCUT2D eigenvalue weighted by Gasteiger charge is -2.09. The van der Waals surface area contributed by atoms with Crippen LogP contribution in [0, 0.1) is 13.8 Å². The largest absolute Gasteiger partial charge is 0.497 e. The Morgan fingerprint density at radius 1 is 1.03 bits per heavy atom. The van der Waals surface area contributed by atoms with E-state index in [9.17, 15) is 9.59 Å². The number of esters is 1. The molecule has 1 amide bonds. The van der Waals surface area contributed by atoms with Crippen molar-refractivity contribution >= 4 is 17.6 Å².